The second-order valence-electron chi connectivity index (χ2n) is 1.88. The first-order chi connectivity index (χ1) is 4.83. The quantitative estimate of drug-likeness (QED) is 0.602. The molecule has 0 aromatic rings. The van der Waals surface area contributed by atoms with Crippen molar-refractivity contribution in [2.75, 3.05) is 0 Å². The Morgan fingerprint density at radius 1 is 1.27 bits per heavy atom. The monoisotopic (exact) mass is 176 g/mol. The maximum Gasteiger partial charge on any atom is 0.389 e. The third-order valence-corrected chi connectivity index (χ3v) is 0.898. The molecule has 0 saturated heterocycles. The highest BCUT2D eigenvalue weighted by molar-refractivity contribution is 5.81. The van der Waals surface area contributed by atoms with Crippen molar-refractivity contribution in [3.63, 3.8) is 0 Å². The third kappa shape index (κ3) is 5.75. The molecule has 0 aliphatic rings. The van der Waals surface area contributed by atoms with E-state index in [2.05, 4.69) is 0 Å². The molecule has 0 aromatic heterocycles. The Morgan fingerprint density at radius 2 is 1.73 bits per heavy atom. The van der Waals surface area contributed by atoms with Crippen LogP contribution in [-0.4, -0.2) is 18.4 Å². The Morgan fingerprint density at radius 3 is 2.00 bits per heavy atom. The van der Waals surface area contributed by atoms with Crippen LogP contribution < -0.4 is 0 Å². The molecule has 0 aliphatic heterocycles. The van der Waals surface area contributed by atoms with Gasteiger partial charge >= 0.3 is 6.18 Å². The summed E-state index contributed by atoms with van der Waals surface area (Å²) < 4.78 is 56.4. The summed E-state index contributed by atoms with van der Waals surface area (Å²) in [6.45, 7) is 0. The molecular formula is C5H5F5O. The summed E-state index contributed by atoms with van der Waals surface area (Å²) in [5, 5.41) is 0. The topological polar surface area (TPSA) is 17.1 Å². The molecule has 0 radical (unpaired) electrons. The number of Topliss-reactive ketones (excluding diaryl/α,β-unsaturated/α-hetero) is 1. The van der Waals surface area contributed by atoms with Crippen LogP contribution in [0.2, 0.25) is 0 Å². The van der Waals surface area contributed by atoms with Gasteiger partial charge in [0, 0.05) is 6.42 Å². The fourth-order valence-corrected chi connectivity index (χ4v) is 0.374. The van der Waals surface area contributed by atoms with Gasteiger partial charge in [-0.15, -0.1) is 0 Å². The lowest BCUT2D eigenvalue weighted by Gasteiger charge is -2.03. The second kappa shape index (κ2) is 3.64. The van der Waals surface area contributed by atoms with Crippen LogP contribution in [0.5, 0.6) is 0 Å². The first kappa shape index (κ1) is 10.3. The number of carbonyl (C=O) groups is 1. The van der Waals surface area contributed by atoms with Gasteiger partial charge in [0.25, 0.3) is 6.43 Å². The van der Waals surface area contributed by atoms with E-state index in [0.29, 0.717) is 0 Å². The van der Waals surface area contributed by atoms with E-state index in [4.69, 9.17) is 0 Å². The van der Waals surface area contributed by atoms with Gasteiger partial charge < -0.3 is 0 Å². The molecule has 0 spiro atoms. The largest absolute Gasteiger partial charge is 0.389 e. The zero-order chi connectivity index (χ0) is 9.07. The summed E-state index contributed by atoms with van der Waals surface area (Å²) in [5.41, 5.74) is 0. The van der Waals surface area contributed by atoms with Crippen molar-refractivity contribution in [2.24, 2.45) is 0 Å². The summed E-state index contributed by atoms with van der Waals surface area (Å²) >= 11 is 0. The fraction of sp³-hybridized carbons (Fsp3) is 0.800. The maximum atomic E-state index is 11.3. The second-order valence-corrected chi connectivity index (χ2v) is 1.88. The molecule has 0 N–H and O–H groups in total. The molecule has 0 bridgehead atoms. The zero-order valence-electron chi connectivity index (χ0n) is 5.29. The lowest BCUT2D eigenvalue weighted by atomic mass is 10.2. The van der Waals surface area contributed by atoms with Crippen LogP contribution >= 0.6 is 0 Å². The average molecular weight is 176 g/mol. The number of hydrogen-bond acceptors (Lipinski definition) is 1. The molecule has 0 aromatic carbocycles. The molecule has 6 heteroatoms. The Hall–Kier alpha value is -0.680. The molecular weight excluding hydrogens is 171 g/mol. The van der Waals surface area contributed by atoms with E-state index in [0.717, 1.165) is 0 Å². The summed E-state index contributed by atoms with van der Waals surface area (Å²) in [5.74, 6) is -1.66. The number of hydrogen-bond donors (Lipinski definition) is 0. The molecule has 11 heavy (non-hydrogen) atoms. The Balaban J connectivity index is 3.64. The first-order valence-electron chi connectivity index (χ1n) is 2.70. The van der Waals surface area contributed by atoms with Crippen LogP contribution in [-0.2, 0) is 4.79 Å². The van der Waals surface area contributed by atoms with Crippen LogP contribution in [0, 0.1) is 0 Å². The first-order valence-corrected chi connectivity index (χ1v) is 2.70. The highest BCUT2D eigenvalue weighted by Crippen LogP contribution is 2.22. The molecule has 66 valence electrons. The molecule has 0 atom stereocenters. The van der Waals surface area contributed by atoms with Crippen LogP contribution in [0.25, 0.3) is 0 Å². The highest BCUT2D eigenvalue weighted by atomic mass is 19.4. The van der Waals surface area contributed by atoms with Crippen molar-refractivity contribution in [3.05, 3.63) is 0 Å². The number of ketones is 1. The van der Waals surface area contributed by atoms with E-state index in [-0.39, 0.29) is 0 Å². The van der Waals surface area contributed by atoms with Crippen molar-refractivity contribution in [1.29, 1.82) is 0 Å². The smallest absolute Gasteiger partial charge is 0.293 e. The fourth-order valence-electron chi connectivity index (χ4n) is 0.374. The normalized spacial score (nSPS) is 12.2. The van der Waals surface area contributed by atoms with Crippen molar-refractivity contribution < 1.29 is 26.7 Å². The van der Waals surface area contributed by atoms with Gasteiger partial charge in [-0.05, 0) is 0 Å². The van der Waals surface area contributed by atoms with Gasteiger partial charge in [0.15, 0.2) is 5.78 Å². The van der Waals surface area contributed by atoms with E-state index < -0.39 is 31.2 Å². The molecule has 0 aliphatic carbocycles. The van der Waals surface area contributed by atoms with Gasteiger partial charge in [0.05, 0.1) is 6.42 Å². The summed E-state index contributed by atoms with van der Waals surface area (Å²) in [4.78, 5) is 9.94. The van der Waals surface area contributed by atoms with Gasteiger partial charge in [0.2, 0.25) is 0 Å². The molecule has 1 nitrogen and oxygen atoms in total. The summed E-state index contributed by atoms with van der Waals surface area (Å²) in [7, 11) is 0. The summed E-state index contributed by atoms with van der Waals surface area (Å²) in [6, 6.07) is 0. The minimum absolute atomic E-state index is 1.14. The Labute approximate surface area is 59.2 Å². The van der Waals surface area contributed by atoms with Crippen LogP contribution in [0.4, 0.5) is 22.0 Å². The number of alkyl halides is 5. The van der Waals surface area contributed by atoms with Crippen molar-refractivity contribution in [1.82, 2.24) is 0 Å². The van der Waals surface area contributed by atoms with E-state index in [9.17, 15) is 26.7 Å². The van der Waals surface area contributed by atoms with Crippen LogP contribution in [0.1, 0.15) is 12.8 Å². The molecule has 0 saturated carbocycles. The summed E-state index contributed by atoms with van der Waals surface area (Å²) in [6.07, 6.45) is -10.4. The number of carbonyl (C=O) groups excluding carboxylic acids is 1. The lowest BCUT2D eigenvalue weighted by Crippen LogP contribution is -2.15. The lowest BCUT2D eigenvalue weighted by molar-refractivity contribution is -0.147. The van der Waals surface area contributed by atoms with Gasteiger partial charge in [-0.1, -0.05) is 0 Å². The number of halogens is 5. The van der Waals surface area contributed by atoms with E-state index >= 15 is 0 Å². The minimum Gasteiger partial charge on any atom is -0.293 e. The Kier molecular flexibility index (Phi) is 3.41. The predicted octanol–water partition coefficient (Wildman–Crippen LogP) is 2.16. The van der Waals surface area contributed by atoms with Gasteiger partial charge in [-0.2, -0.15) is 13.2 Å². The van der Waals surface area contributed by atoms with Crippen LogP contribution in [0.15, 0.2) is 0 Å². The Bertz CT molecular complexity index is 138. The molecule has 0 fully saturated rings. The maximum absolute atomic E-state index is 11.3. The zero-order valence-corrected chi connectivity index (χ0v) is 5.29. The SMILES string of the molecule is O=C(CCC(F)(F)F)C(F)F. The van der Waals surface area contributed by atoms with Gasteiger partial charge in [0.1, 0.15) is 0 Å². The van der Waals surface area contributed by atoms with Gasteiger partial charge in [-0.25, -0.2) is 8.78 Å². The minimum atomic E-state index is -4.54. The average Bonchev–Trinajstić information content (AvgIpc) is 1.80. The number of rotatable bonds is 3. The van der Waals surface area contributed by atoms with Crippen molar-refractivity contribution in [2.45, 2.75) is 25.4 Å². The highest BCUT2D eigenvalue weighted by Gasteiger charge is 2.29. The predicted molar refractivity (Wildman–Crippen MR) is 26.3 cm³/mol. The van der Waals surface area contributed by atoms with Gasteiger partial charge in [-0.3, -0.25) is 4.79 Å². The molecule has 0 heterocycles. The van der Waals surface area contributed by atoms with E-state index in [1.165, 1.54) is 0 Å². The standard InChI is InChI=1S/C5H5F5O/c6-4(7)3(11)1-2-5(8,9)10/h4H,1-2H2. The molecule has 0 unspecified atom stereocenters. The van der Waals surface area contributed by atoms with E-state index in [1.54, 1.807) is 0 Å². The molecule has 0 rings (SSSR count). The third-order valence-electron chi connectivity index (χ3n) is 0.898. The van der Waals surface area contributed by atoms with E-state index in [1.807, 2.05) is 0 Å². The van der Waals surface area contributed by atoms with Crippen molar-refractivity contribution >= 4 is 5.78 Å². The van der Waals surface area contributed by atoms with Crippen molar-refractivity contribution in [3.8, 4) is 0 Å². The van der Waals surface area contributed by atoms with Crippen LogP contribution in [0.3, 0.4) is 0 Å². The molecule has 0 amide bonds.